The molecule has 0 spiro atoms. The number of Topliss-reactive ketones (excluding diaryl/α,β-unsaturated/α-hetero) is 4. The summed E-state index contributed by atoms with van der Waals surface area (Å²) in [6, 6.07) is -4.61. The number of hydrogen-bond acceptors (Lipinski definition) is 12. The minimum absolute atomic E-state index is 0.00441. The van der Waals surface area contributed by atoms with Crippen LogP contribution in [-0.4, -0.2) is 164 Å². The fourth-order valence-corrected chi connectivity index (χ4v) is 5.93. The summed E-state index contributed by atoms with van der Waals surface area (Å²) < 4.78 is 0. The summed E-state index contributed by atoms with van der Waals surface area (Å²) in [6.07, 6.45) is -0.247. The molecule has 0 aromatic heterocycles. The lowest BCUT2D eigenvalue weighted by Gasteiger charge is -2.40. The molecule has 16 heteroatoms. The molecule has 0 radical (unpaired) electrons. The van der Waals surface area contributed by atoms with E-state index in [-0.39, 0.29) is 127 Å². The number of carbonyl (C=O) groups excluding carboxylic acids is 4. The Morgan fingerprint density at radius 2 is 0.521 bits per heavy atom. The Hall–Kier alpha value is -3.60. The van der Waals surface area contributed by atoms with Crippen LogP contribution in [-0.2, 0) is 38.4 Å². The number of carbonyl (C=O) groups is 8. The van der Waals surface area contributed by atoms with Gasteiger partial charge < -0.3 is 39.6 Å². The summed E-state index contributed by atoms with van der Waals surface area (Å²) in [4.78, 5) is 103. The standard InChI is InChI=1S/C32H52N4O12/c1-21(37)5-9-25(29(41)42)33-13-15-34(26(30(43)44)10-6-22(2)38)17-19-36(28(32(47)48)12-8-24(4)40)20-18-35(16-14-33)27(31(45)46)11-7-23(3)39/h25-28H,5-20H2,1-4H3,(H,41,42)(H,43,44)(H,45,46)(H,47,48). The normalized spacial score (nSPS) is 18.8. The smallest absolute Gasteiger partial charge is 0.320 e. The van der Waals surface area contributed by atoms with E-state index in [9.17, 15) is 58.8 Å². The third-order valence-corrected chi connectivity index (χ3v) is 8.68. The molecule has 0 amide bonds. The van der Waals surface area contributed by atoms with E-state index in [1.54, 1.807) is 19.6 Å². The zero-order valence-corrected chi connectivity index (χ0v) is 28.5. The molecule has 1 saturated heterocycles. The van der Waals surface area contributed by atoms with Gasteiger partial charge in [-0.2, -0.15) is 0 Å². The van der Waals surface area contributed by atoms with Gasteiger partial charge in [-0.05, 0) is 53.4 Å². The molecule has 0 saturated carbocycles. The second-order valence-electron chi connectivity index (χ2n) is 12.5. The summed E-state index contributed by atoms with van der Waals surface area (Å²) >= 11 is 0. The third kappa shape index (κ3) is 15.5. The minimum atomic E-state index is -1.21. The molecule has 0 aromatic rings. The van der Waals surface area contributed by atoms with Gasteiger partial charge in [0.2, 0.25) is 0 Å². The Kier molecular flexibility index (Phi) is 18.9. The highest BCUT2D eigenvalue weighted by Crippen LogP contribution is 2.18. The van der Waals surface area contributed by atoms with Gasteiger partial charge in [-0.3, -0.25) is 38.8 Å². The quantitative estimate of drug-likeness (QED) is 0.137. The highest BCUT2D eigenvalue weighted by Gasteiger charge is 2.35. The average molecular weight is 685 g/mol. The first-order chi connectivity index (χ1) is 22.4. The SMILES string of the molecule is CC(=O)CCC(C(=O)O)N1CCN(C(CCC(C)=O)C(=O)O)CCN(C(CCC(C)=O)C(=O)O)CCN(C(CCC(C)=O)C(=O)O)CC1. The van der Waals surface area contributed by atoms with Gasteiger partial charge in [0.1, 0.15) is 47.3 Å². The number of ketones is 4. The van der Waals surface area contributed by atoms with Crippen LogP contribution < -0.4 is 0 Å². The average Bonchev–Trinajstić information content (AvgIpc) is 2.95. The van der Waals surface area contributed by atoms with E-state index in [1.807, 2.05) is 0 Å². The summed E-state index contributed by atoms with van der Waals surface area (Å²) in [5.74, 6) is -5.71. The van der Waals surface area contributed by atoms with Gasteiger partial charge in [-0.25, -0.2) is 0 Å². The molecule has 1 rings (SSSR count). The van der Waals surface area contributed by atoms with Crippen molar-refractivity contribution in [2.75, 3.05) is 52.4 Å². The Bertz CT molecular complexity index is 970. The molecule has 0 aliphatic carbocycles. The number of hydrogen-bond donors (Lipinski definition) is 4. The van der Waals surface area contributed by atoms with Crippen molar-refractivity contribution in [2.24, 2.45) is 0 Å². The van der Waals surface area contributed by atoms with Crippen LogP contribution in [0.15, 0.2) is 0 Å². The highest BCUT2D eigenvalue weighted by atomic mass is 16.4. The van der Waals surface area contributed by atoms with Crippen LogP contribution in [0.2, 0.25) is 0 Å². The number of carboxylic acids is 4. The molecule has 0 bridgehead atoms. The summed E-state index contributed by atoms with van der Waals surface area (Å²) in [6.45, 7) is 5.39. The Labute approximate surface area is 281 Å². The van der Waals surface area contributed by atoms with E-state index in [4.69, 9.17) is 0 Å². The van der Waals surface area contributed by atoms with Crippen LogP contribution in [0.5, 0.6) is 0 Å². The van der Waals surface area contributed by atoms with Gasteiger partial charge in [0.05, 0.1) is 0 Å². The number of carboxylic acid groups (broad SMARTS) is 4. The van der Waals surface area contributed by atoms with Crippen molar-refractivity contribution < 1.29 is 58.8 Å². The first kappa shape index (κ1) is 42.4. The zero-order chi connectivity index (χ0) is 36.6. The van der Waals surface area contributed by atoms with Crippen LogP contribution in [0.25, 0.3) is 0 Å². The van der Waals surface area contributed by atoms with Crippen molar-refractivity contribution in [1.82, 2.24) is 19.6 Å². The maximum atomic E-state index is 12.4. The molecular weight excluding hydrogens is 632 g/mol. The van der Waals surface area contributed by atoms with Gasteiger partial charge in [0, 0.05) is 78.0 Å². The molecule has 4 unspecified atom stereocenters. The Morgan fingerprint density at radius 3 is 0.625 bits per heavy atom. The number of nitrogens with zero attached hydrogens (tertiary/aromatic N) is 4. The minimum Gasteiger partial charge on any atom is -0.480 e. The number of aliphatic carboxylic acids is 4. The van der Waals surface area contributed by atoms with Gasteiger partial charge in [-0.15, -0.1) is 0 Å². The van der Waals surface area contributed by atoms with Gasteiger partial charge >= 0.3 is 23.9 Å². The maximum Gasteiger partial charge on any atom is 0.320 e. The summed E-state index contributed by atoms with van der Waals surface area (Å²) in [7, 11) is 0. The second kappa shape index (κ2) is 21.4. The predicted molar refractivity (Wildman–Crippen MR) is 172 cm³/mol. The zero-order valence-electron chi connectivity index (χ0n) is 28.5. The molecule has 48 heavy (non-hydrogen) atoms. The lowest BCUT2D eigenvalue weighted by Crippen LogP contribution is -2.56. The van der Waals surface area contributed by atoms with Crippen molar-refractivity contribution in [1.29, 1.82) is 0 Å². The molecular formula is C32H52N4O12. The molecule has 1 fully saturated rings. The highest BCUT2D eigenvalue weighted by molar-refractivity contribution is 5.80. The van der Waals surface area contributed by atoms with Crippen molar-refractivity contribution in [3.05, 3.63) is 0 Å². The lowest BCUT2D eigenvalue weighted by atomic mass is 10.0. The maximum absolute atomic E-state index is 12.4. The van der Waals surface area contributed by atoms with Crippen LogP contribution in [0.1, 0.15) is 79.1 Å². The first-order valence-corrected chi connectivity index (χ1v) is 16.3. The molecule has 1 aliphatic heterocycles. The molecule has 1 aliphatic rings. The van der Waals surface area contributed by atoms with E-state index < -0.39 is 48.0 Å². The van der Waals surface area contributed by atoms with Crippen molar-refractivity contribution in [3.63, 3.8) is 0 Å². The van der Waals surface area contributed by atoms with Crippen molar-refractivity contribution in [3.8, 4) is 0 Å². The molecule has 4 N–H and O–H groups in total. The van der Waals surface area contributed by atoms with E-state index in [0.29, 0.717) is 0 Å². The van der Waals surface area contributed by atoms with Crippen LogP contribution in [0, 0.1) is 0 Å². The summed E-state index contributed by atoms with van der Waals surface area (Å²) in [5.41, 5.74) is 0. The molecule has 1 heterocycles. The Balaban J connectivity index is 3.70. The van der Waals surface area contributed by atoms with Crippen molar-refractivity contribution >= 4 is 47.0 Å². The van der Waals surface area contributed by atoms with Crippen LogP contribution in [0.3, 0.4) is 0 Å². The second-order valence-corrected chi connectivity index (χ2v) is 12.5. The first-order valence-electron chi connectivity index (χ1n) is 16.3. The van der Waals surface area contributed by atoms with Gasteiger partial charge in [-0.1, -0.05) is 0 Å². The molecule has 272 valence electrons. The van der Waals surface area contributed by atoms with E-state index in [0.717, 1.165) is 0 Å². The van der Waals surface area contributed by atoms with E-state index in [2.05, 4.69) is 0 Å². The van der Waals surface area contributed by atoms with Crippen molar-refractivity contribution in [2.45, 2.75) is 103 Å². The predicted octanol–water partition coefficient (Wildman–Crippen LogP) is 0.498. The topological polar surface area (TPSA) is 230 Å². The van der Waals surface area contributed by atoms with Gasteiger partial charge in [0.25, 0.3) is 0 Å². The van der Waals surface area contributed by atoms with Crippen LogP contribution >= 0.6 is 0 Å². The fraction of sp³-hybridized carbons (Fsp3) is 0.750. The van der Waals surface area contributed by atoms with Crippen LogP contribution in [0.4, 0.5) is 0 Å². The third-order valence-electron chi connectivity index (χ3n) is 8.68. The number of rotatable bonds is 20. The Morgan fingerprint density at radius 1 is 0.375 bits per heavy atom. The fourth-order valence-electron chi connectivity index (χ4n) is 5.93. The van der Waals surface area contributed by atoms with E-state index >= 15 is 0 Å². The largest absolute Gasteiger partial charge is 0.480 e. The monoisotopic (exact) mass is 684 g/mol. The van der Waals surface area contributed by atoms with E-state index in [1.165, 1.54) is 27.7 Å². The lowest BCUT2D eigenvalue weighted by molar-refractivity contribution is -0.148. The summed E-state index contributed by atoms with van der Waals surface area (Å²) in [5, 5.41) is 40.6. The molecule has 16 nitrogen and oxygen atoms in total. The van der Waals surface area contributed by atoms with Gasteiger partial charge in [0.15, 0.2) is 0 Å². The molecule has 4 atom stereocenters. The molecule has 0 aromatic carbocycles.